The van der Waals surface area contributed by atoms with Crippen LogP contribution in [0.5, 0.6) is 0 Å². The standard InChI is InChI=1S/C17H18ClN3O2/c18-14-4-1-3-12-11-21(9-7-13(12)14)10-8-19-16-6-2-5-15(20-16)17(22)23/h1-6H,7-11H2,(H,19,20)(H,22,23). The third-order valence-electron chi connectivity index (χ3n) is 3.99. The third-order valence-corrected chi connectivity index (χ3v) is 4.34. The summed E-state index contributed by atoms with van der Waals surface area (Å²) in [7, 11) is 0. The van der Waals surface area contributed by atoms with E-state index < -0.39 is 5.97 Å². The van der Waals surface area contributed by atoms with E-state index in [9.17, 15) is 4.79 Å². The molecule has 5 nitrogen and oxygen atoms in total. The average molecular weight is 332 g/mol. The fourth-order valence-corrected chi connectivity index (χ4v) is 3.10. The zero-order chi connectivity index (χ0) is 16.2. The second kappa shape index (κ2) is 6.98. The van der Waals surface area contributed by atoms with Gasteiger partial charge in [-0.3, -0.25) is 4.90 Å². The molecule has 23 heavy (non-hydrogen) atoms. The molecular weight excluding hydrogens is 314 g/mol. The number of halogens is 1. The molecule has 1 aromatic heterocycles. The van der Waals surface area contributed by atoms with E-state index in [1.165, 1.54) is 17.2 Å². The summed E-state index contributed by atoms with van der Waals surface area (Å²) in [4.78, 5) is 17.3. The lowest BCUT2D eigenvalue weighted by atomic mass is 10.00. The number of aromatic carboxylic acids is 1. The summed E-state index contributed by atoms with van der Waals surface area (Å²) < 4.78 is 0. The normalized spacial score (nSPS) is 14.3. The molecule has 0 unspecified atom stereocenters. The second-order valence-electron chi connectivity index (χ2n) is 5.54. The number of hydrogen-bond acceptors (Lipinski definition) is 4. The fourth-order valence-electron chi connectivity index (χ4n) is 2.81. The van der Waals surface area contributed by atoms with Gasteiger partial charge in [0.2, 0.25) is 0 Å². The lowest BCUT2D eigenvalue weighted by Gasteiger charge is -2.29. The first-order valence-electron chi connectivity index (χ1n) is 7.56. The van der Waals surface area contributed by atoms with Crippen molar-refractivity contribution < 1.29 is 9.90 Å². The zero-order valence-electron chi connectivity index (χ0n) is 12.6. The quantitative estimate of drug-likeness (QED) is 0.882. The Morgan fingerprint density at radius 3 is 2.96 bits per heavy atom. The number of carboxylic acids is 1. The first-order valence-corrected chi connectivity index (χ1v) is 7.94. The number of nitrogens with one attached hydrogen (secondary N) is 1. The van der Waals surface area contributed by atoms with E-state index in [1.807, 2.05) is 12.1 Å². The number of anilines is 1. The minimum Gasteiger partial charge on any atom is -0.477 e. The Balaban J connectivity index is 1.54. The van der Waals surface area contributed by atoms with Gasteiger partial charge in [-0.15, -0.1) is 0 Å². The van der Waals surface area contributed by atoms with Gasteiger partial charge in [0.1, 0.15) is 5.82 Å². The van der Waals surface area contributed by atoms with E-state index in [0.717, 1.165) is 31.1 Å². The summed E-state index contributed by atoms with van der Waals surface area (Å²) >= 11 is 6.23. The number of nitrogens with zero attached hydrogens (tertiary/aromatic N) is 2. The maximum Gasteiger partial charge on any atom is 0.354 e. The first kappa shape index (κ1) is 15.8. The van der Waals surface area contributed by atoms with Gasteiger partial charge in [-0.1, -0.05) is 29.8 Å². The molecule has 0 saturated carbocycles. The molecule has 1 aliphatic rings. The summed E-state index contributed by atoms with van der Waals surface area (Å²) in [6.45, 7) is 3.44. The van der Waals surface area contributed by atoms with E-state index in [1.54, 1.807) is 12.1 Å². The minimum absolute atomic E-state index is 0.0524. The number of carboxylic acid groups (broad SMARTS) is 1. The van der Waals surface area contributed by atoms with Crippen LogP contribution in [0.4, 0.5) is 5.82 Å². The highest BCUT2D eigenvalue weighted by Crippen LogP contribution is 2.25. The van der Waals surface area contributed by atoms with Crippen LogP contribution in [0.25, 0.3) is 0 Å². The van der Waals surface area contributed by atoms with Gasteiger partial charge in [-0.05, 0) is 35.7 Å². The van der Waals surface area contributed by atoms with Crippen LogP contribution in [0.1, 0.15) is 21.6 Å². The summed E-state index contributed by atoms with van der Waals surface area (Å²) in [6.07, 6.45) is 0.960. The number of fused-ring (bicyclic) bond motifs is 1. The van der Waals surface area contributed by atoms with Crippen molar-refractivity contribution in [1.29, 1.82) is 0 Å². The lowest BCUT2D eigenvalue weighted by Crippen LogP contribution is -2.34. The van der Waals surface area contributed by atoms with E-state index in [4.69, 9.17) is 16.7 Å². The van der Waals surface area contributed by atoms with E-state index in [2.05, 4.69) is 21.3 Å². The van der Waals surface area contributed by atoms with Gasteiger partial charge in [0.15, 0.2) is 5.69 Å². The molecule has 0 spiro atoms. The Bertz CT molecular complexity index is 721. The smallest absolute Gasteiger partial charge is 0.354 e. The average Bonchev–Trinajstić information content (AvgIpc) is 2.55. The van der Waals surface area contributed by atoms with Crippen molar-refractivity contribution in [3.05, 3.63) is 58.2 Å². The van der Waals surface area contributed by atoms with Crippen molar-refractivity contribution in [1.82, 2.24) is 9.88 Å². The number of carbonyl (C=O) groups is 1. The lowest BCUT2D eigenvalue weighted by molar-refractivity contribution is 0.0690. The first-order chi connectivity index (χ1) is 11.1. The van der Waals surface area contributed by atoms with E-state index in [0.29, 0.717) is 12.4 Å². The topological polar surface area (TPSA) is 65.5 Å². The van der Waals surface area contributed by atoms with Crippen LogP contribution in [0.2, 0.25) is 5.02 Å². The van der Waals surface area contributed by atoms with Crippen molar-refractivity contribution in [3.63, 3.8) is 0 Å². The Hall–Kier alpha value is -2.11. The predicted molar refractivity (Wildman–Crippen MR) is 90.1 cm³/mol. The van der Waals surface area contributed by atoms with Gasteiger partial charge >= 0.3 is 5.97 Å². The maximum absolute atomic E-state index is 10.9. The highest BCUT2D eigenvalue weighted by atomic mass is 35.5. The predicted octanol–water partition coefficient (Wildman–Crippen LogP) is 2.90. The van der Waals surface area contributed by atoms with Crippen LogP contribution in [0.3, 0.4) is 0 Å². The second-order valence-corrected chi connectivity index (χ2v) is 5.95. The van der Waals surface area contributed by atoms with Crippen LogP contribution < -0.4 is 5.32 Å². The van der Waals surface area contributed by atoms with Gasteiger partial charge in [-0.2, -0.15) is 0 Å². The molecular formula is C17H18ClN3O2. The third kappa shape index (κ3) is 3.81. The van der Waals surface area contributed by atoms with Crippen LogP contribution in [-0.2, 0) is 13.0 Å². The van der Waals surface area contributed by atoms with E-state index >= 15 is 0 Å². The molecule has 2 N–H and O–H groups in total. The van der Waals surface area contributed by atoms with Gasteiger partial charge in [0.05, 0.1) is 0 Å². The molecule has 0 radical (unpaired) electrons. The van der Waals surface area contributed by atoms with Crippen molar-refractivity contribution in [2.24, 2.45) is 0 Å². The highest BCUT2D eigenvalue weighted by molar-refractivity contribution is 6.31. The van der Waals surface area contributed by atoms with Crippen LogP contribution in [-0.4, -0.2) is 40.6 Å². The van der Waals surface area contributed by atoms with Gasteiger partial charge in [0.25, 0.3) is 0 Å². The number of pyridine rings is 1. The van der Waals surface area contributed by atoms with Crippen LogP contribution in [0.15, 0.2) is 36.4 Å². The SMILES string of the molecule is O=C(O)c1cccc(NCCN2CCc3c(Cl)cccc3C2)n1. The maximum atomic E-state index is 10.9. The van der Waals surface area contributed by atoms with Crippen LogP contribution in [0, 0.1) is 0 Å². The summed E-state index contributed by atoms with van der Waals surface area (Å²) in [6, 6.07) is 11.0. The van der Waals surface area contributed by atoms with E-state index in [-0.39, 0.29) is 5.69 Å². The molecule has 3 rings (SSSR count). The molecule has 0 amide bonds. The zero-order valence-corrected chi connectivity index (χ0v) is 13.4. The van der Waals surface area contributed by atoms with Crippen LogP contribution >= 0.6 is 11.6 Å². The molecule has 120 valence electrons. The fraction of sp³-hybridized carbons (Fsp3) is 0.294. The van der Waals surface area contributed by atoms with Crippen molar-refractivity contribution in [3.8, 4) is 0 Å². The highest BCUT2D eigenvalue weighted by Gasteiger charge is 2.17. The Morgan fingerprint density at radius 1 is 1.30 bits per heavy atom. The molecule has 1 aromatic carbocycles. The summed E-state index contributed by atoms with van der Waals surface area (Å²) in [5.41, 5.74) is 2.60. The molecule has 0 saturated heterocycles. The number of hydrogen-bond donors (Lipinski definition) is 2. The molecule has 2 aromatic rings. The molecule has 0 bridgehead atoms. The van der Waals surface area contributed by atoms with Gasteiger partial charge in [0, 0.05) is 31.2 Å². The minimum atomic E-state index is -1.02. The Labute approximate surface area is 139 Å². The molecule has 0 aliphatic carbocycles. The van der Waals surface area contributed by atoms with Crippen molar-refractivity contribution in [2.45, 2.75) is 13.0 Å². The monoisotopic (exact) mass is 331 g/mol. The van der Waals surface area contributed by atoms with Crippen molar-refractivity contribution >= 4 is 23.4 Å². The summed E-state index contributed by atoms with van der Waals surface area (Å²) in [5, 5.41) is 13.0. The molecule has 2 heterocycles. The summed E-state index contributed by atoms with van der Waals surface area (Å²) in [5.74, 6) is -0.427. The number of benzene rings is 1. The number of rotatable bonds is 5. The molecule has 0 fully saturated rings. The Kier molecular flexibility index (Phi) is 4.79. The van der Waals surface area contributed by atoms with Gasteiger partial charge in [-0.25, -0.2) is 9.78 Å². The molecule has 0 atom stereocenters. The van der Waals surface area contributed by atoms with Crippen molar-refractivity contribution in [2.75, 3.05) is 25.0 Å². The van der Waals surface area contributed by atoms with Gasteiger partial charge < -0.3 is 10.4 Å². The number of aromatic nitrogens is 1. The molecule has 1 aliphatic heterocycles. The largest absolute Gasteiger partial charge is 0.477 e. The Morgan fingerprint density at radius 2 is 2.13 bits per heavy atom. The molecule has 6 heteroatoms.